The maximum atomic E-state index is 12.7. The number of hydrogen-bond donors (Lipinski definition) is 0. The molecule has 1 aromatic heterocycles. The number of morpholine rings is 1. The smallest absolute Gasteiger partial charge is 0.274 e. The highest BCUT2D eigenvalue weighted by atomic mass is 16.5. The van der Waals surface area contributed by atoms with Gasteiger partial charge in [-0.3, -0.25) is 9.78 Å². The van der Waals surface area contributed by atoms with Gasteiger partial charge in [-0.05, 0) is 25.0 Å². The van der Waals surface area contributed by atoms with E-state index in [4.69, 9.17) is 4.74 Å². The average Bonchev–Trinajstić information content (AvgIpc) is 2.75. The van der Waals surface area contributed by atoms with Crippen LogP contribution in [0.15, 0.2) is 30.5 Å². The second kappa shape index (κ2) is 4.52. The zero-order chi connectivity index (χ0) is 13.5. The molecular formula is C15H15N3O2. The quantitative estimate of drug-likeness (QED) is 0.789. The lowest BCUT2D eigenvalue weighted by Crippen LogP contribution is -2.49. The third-order valence-corrected chi connectivity index (χ3v) is 4.14. The van der Waals surface area contributed by atoms with E-state index in [-0.39, 0.29) is 18.0 Å². The van der Waals surface area contributed by atoms with Crippen LogP contribution in [-0.4, -0.2) is 46.1 Å². The number of fused-ring (bicyclic) bond motifs is 3. The normalized spacial score (nSPS) is 25.1. The van der Waals surface area contributed by atoms with E-state index in [0.29, 0.717) is 18.9 Å². The number of hydrogen-bond acceptors (Lipinski definition) is 4. The molecule has 5 heteroatoms. The summed E-state index contributed by atoms with van der Waals surface area (Å²) in [5.41, 5.74) is 2.01. The molecule has 1 aromatic carbocycles. The van der Waals surface area contributed by atoms with Gasteiger partial charge in [0.15, 0.2) is 0 Å². The summed E-state index contributed by atoms with van der Waals surface area (Å²) in [5, 5.41) is 0. The van der Waals surface area contributed by atoms with E-state index in [9.17, 15) is 4.79 Å². The van der Waals surface area contributed by atoms with Crippen LogP contribution in [0.1, 0.15) is 23.3 Å². The second-order valence-corrected chi connectivity index (χ2v) is 5.38. The number of para-hydroxylation sites is 2. The highest BCUT2D eigenvalue weighted by molar-refractivity contribution is 5.94. The van der Waals surface area contributed by atoms with Crippen LogP contribution in [0.4, 0.5) is 0 Å². The highest BCUT2D eigenvalue weighted by Crippen LogP contribution is 2.30. The van der Waals surface area contributed by atoms with E-state index in [1.807, 2.05) is 29.2 Å². The first-order chi connectivity index (χ1) is 9.83. The van der Waals surface area contributed by atoms with Gasteiger partial charge >= 0.3 is 0 Å². The first-order valence-electron chi connectivity index (χ1n) is 6.95. The zero-order valence-corrected chi connectivity index (χ0v) is 11.0. The molecule has 2 aliphatic heterocycles. The first kappa shape index (κ1) is 11.8. The van der Waals surface area contributed by atoms with Gasteiger partial charge in [0, 0.05) is 0 Å². The third-order valence-electron chi connectivity index (χ3n) is 4.14. The number of benzene rings is 1. The number of carbonyl (C=O) groups is 1. The number of nitrogens with zero attached hydrogens (tertiary/aromatic N) is 3. The summed E-state index contributed by atoms with van der Waals surface area (Å²) in [6.45, 7) is 1.28. The fraction of sp³-hybridized carbons (Fsp3) is 0.400. The molecule has 2 fully saturated rings. The van der Waals surface area contributed by atoms with Crippen LogP contribution in [0.2, 0.25) is 0 Å². The van der Waals surface area contributed by atoms with E-state index in [1.54, 1.807) is 6.20 Å². The number of rotatable bonds is 1. The van der Waals surface area contributed by atoms with Gasteiger partial charge in [0.1, 0.15) is 5.69 Å². The summed E-state index contributed by atoms with van der Waals surface area (Å²) in [6.07, 6.45) is 3.63. The molecule has 0 unspecified atom stereocenters. The molecule has 0 N–H and O–H groups in total. The van der Waals surface area contributed by atoms with Gasteiger partial charge in [0.2, 0.25) is 0 Å². The molecule has 2 aromatic rings. The molecule has 0 saturated carbocycles. The van der Waals surface area contributed by atoms with E-state index >= 15 is 0 Å². The van der Waals surface area contributed by atoms with Crippen molar-refractivity contribution >= 4 is 16.9 Å². The Hall–Kier alpha value is -2.01. The molecule has 0 spiro atoms. The van der Waals surface area contributed by atoms with Crippen molar-refractivity contribution in [2.24, 2.45) is 0 Å². The minimum absolute atomic E-state index is 0.0148. The van der Waals surface area contributed by atoms with Gasteiger partial charge in [-0.15, -0.1) is 0 Å². The summed E-state index contributed by atoms with van der Waals surface area (Å²) < 4.78 is 5.51. The fourth-order valence-corrected chi connectivity index (χ4v) is 3.15. The van der Waals surface area contributed by atoms with Crippen molar-refractivity contribution in [1.82, 2.24) is 14.9 Å². The monoisotopic (exact) mass is 269 g/mol. The summed E-state index contributed by atoms with van der Waals surface area (Å²) in [6, 6.07) is 8.01. The van der Waals surface area contributed by atoms with Gasteiger partial charge < -0.3 is 9.64 Å². The third kappa shape index (κ3) is 1.78. The van der Waals surface area contributed by atoms with Crippen LogP contribution >= 0.6 is 0 Å². The molecule has 4 rings (SSSR count). The molecule has 3 heterocycles. The predicted octanol–water partition coefficient (Wildman–Crippen LogP) is 1.63. The van der Waals surface area contributed by atoms with Crippen molar-refractivity contribution in [3.63, 3.8) is 0 Å². The maximum absolute atomic E-state index is 12.7. The Morgan fingerprint density at radius 2 is 1.85 bits per heavy atom. The van der Waals surface area contributed by atoms with E-state index in [1.165, 1.54) is 0 Å². The van der Waals surface area contributed by atoms with Crippen molar-refractivity contribution in [3.8, 4) is 0 Å². The molecule has 2 aliphatic rings. The van der Waals surface area contributed by atoms with Crippen LogP contribution in [0, 0.1) is 0 Å². The average molecular weight is 269 g/mol. The van der Waals surface area contributed by atoms with Gasteiger partial charge in [0.05, 0.1) is 42.5 Å². The lowest BCUT2D eigenvalue weighted by Gasteiger charge is -2.34. The van der Waals surface area contributed by atoms with Crippen LogP contribution in [0.5, 0.6) is 0 Å². The molecule has 0 radical (unpaired) electrons. The van der Waals surface area contributed by atoms with Crippen molar-refractivity contribution in [2.75, 3.05) is 13.2 Å². The van der Waals surface area contributed by atoms with E-state index < -0.39 is 0 Å². The fourth-order valence-electron chi connectivity index (χ4n) is 3.15. The van der Waals surface area contributed by atoms with Gasteiger partial charge in [0.25, 0.3) is 5.91 Å². The molecule has 102 valence electrons. The second-order valence-electron chi connectivity index (χ2n) is 5.38. The van der Waals surface area contributed by atoms with Gasteiger partial charge in [-0.2, -0.15) is 0 Å². The Balaban J connectivity index is 1.70. The topological polar surface area (TPSA) is 55.3 Å². The standard InChI is InChI=1S/C15H15N3O2/c19-15(18-10-5-6-11(18)9-20-8-10)14-7-16-12-3-1-2-4-13(12)17-14/h1-4,7,10-11H,5-6,8-9H2/t10-,11+. The molecule has 1 amide bonds. The maximum Gasteiger partial charge on any atom is 0.274 e. The van der Waals surface area contributed by atoms with Crippen LogP contribution in [0.3, 0.4) is 0 Å². The molecular weight excluding hydrogens is 254 g/mol. The molecule has 2 saturated heterocycles. The number of aromatic nitrogens is 2. The molecule has 2 atom stereocenters. The summed E-state index contributed by atoms with van der Waals surface area (Å²) >= 11 is 0. The summed E-state index contributed by atoms with van der Waals surface area (Å²) in [7, 11) is 0. The van der Waals surface area contributed by atoms with Crippen molar-refractivity contribution < 1.29 is 9.53 Å². The minimum Gasteiger partial charge on any atom is -0.377 e. The van der Waals surface area contributed by atoms with Crippen LogP contribution in [-0.2, 0) is 4.74 Å². The van der Waals surface area contributed by atoms with E-state index in [0.717, 1.165) is 23.9 Å². The highest BCUT2D eigenvalue weighted by Gasteiger charge is 2.41. The minimum atomic E-state index is -0.0148. The predicted molar refractivity (Wildman–Crippen MR) is 73.3 cm³/mol. The number of carbonyl (C=O) groups excluding carboxylic acids is 1. The van der Waals surface area contributed by atoms with Crippen molar-refractivity contribution in [1.29, 1.82) is 0 Å². The largest absolute Gasteiger partial charge is 0.377 e. The van der Waals surface area contributed by atoms with Crippen molar-refractivity contribution in [3.05, 3.63) is 36.2 Å². The zero-order valence-electron chi connectivity index (χ0n) is 11.0. The summed E-state index contributed by atoms with van der Waals surface area (Å²) in [5.74, 6) is -0.0148. The Morgan fingerprint density at radius 3 is 2.60 bits per heavy atom. The Labute approximate surface area is 116 Å². The first-order valence-corrected chi connectivity index (χ1v) is 6.95. The molecule has 2 bridgehead atoms. The Bertz CT molecular complexity index is 657. The van der Waals surface area contributed by atoms with Gasteiger partial charge in [-0.25, -0.2) is 4.98 Å². The van der Waals surface area contributed by atoms with Gasteiger partial charge in [-0.1, -0.05) is 12.1 Å². The lowest BCUT2D eigenvalue weighted by molar-refractivity contribution is -0.00746. The summed E-state index contributed by atoms with van der Waals surface area (Å²) in [4.78, 5) is 23.4. The molecule has 5 nitrogen and oxygen atoms in total. The van der Waals surface area contributed by atoms with Crippen LogP contribution in [0.25, 0.3) is 11.0 Å². The lowest BCUT2D eigenvalue weighted by atomic mass is 10.2. The van der Waals surface area contributed by atoms with Crippen LogP contribution < -0.4 is 0 Å². The van der Waals surface area contributed by atoms with Crippen molar-refractivity contribution in [2.45, 2.75) is 24.9 Å². The Morgan fingerprint density at radius 1 is 1.15 bits per heavy atom. The molecule has 20 heavy (non-hydrogen) atoms. The number of amides is 1. The molecule has 0 aliphatic carbocycles. The number of ether oxygens (including phenoxy) is 1. The Kier molecular flexibility index (Phi) is 2.67. The SMILES string of the molecule is O=C(c1cnc2ccccc2n1)N1[C@@H]2CC[C@H]1COC2. The van der Waals surface area contributed by atoms with E-state index in [2.05, 4.69) is 9.97 Å².